The van der Waals surface area contributed by atoms with Crippen molar-refractivity contribution < 1.29 is 19.3 Å². The number of nitrogens with zero attached hydrogens (tertiary/aromatic N) is 2. The Balaban J connectivity index is 1.55. The minimum absolute atomic E-state index is 0.0495. The van der Waals surface area contributed by atoms with Gasteiger partial charge in [-0.3, -0.25) is 14.9 Å². The van der Waals surface area contributed by atoms with E-state index in [1.807, 2.05) is 24.3 Å². The minimum atomic E-state index is -0.769. The van der Waals surface area contributed by atoms with Crippen LogP contribution in [0.3, 0.4) is 0 Å². The van der Waals surface area contributed by atoms with Crippen molar-refractivity contribution in [1.82, 2.24) is 0 Å². The maximum Gasteiger partial charge on any atom is 0.365 e. The third kappa shape index (κ3) is 3.90. The number of carbonyl (C=O) groups is 2. The van der Waals surface area contributed by atoms with Crippen LogP contribution in [0.5, 0.6) is 0 Å². The highest BCUT2D eigenvalue weighted by atomic mass is 16.7. The van der Waals surface area contributed by atoms with Crippen LogP contribution in [0.15, 0.2) is 53.7 Å². The number of nitro benzene ring substituents is 1. The van der Waals surface area contributed by atoms with E-state index in [4.69, 9.17) is 4.84 Å². The van der Waals surface area contributed by atoms with Crippen LogP contribution in [0.4, 0.5) is 11.4 Å². The Labute approximate surface area is 204 Å². The van der Waals surface area contributed by atoms with Gasteiger partial charge >= 0.3 is 5.97 Å². The van der Waals surface area contributed by atoms with Gasteiger partial charge < -0.3 is 10.2 Å². The molecule has 8 nitrogen and oxygen atoms in total. The number of nitro groups is 1. The predicted molar refractivity (Wildman–Crippen MR) is 133 cm³/mol. The summed E-state index contributed by atoms with van der Waals surface area (Å²) in [4.78, 5) is 41.9. The molecule has 2 aliphatic carbocycles. The molecule has 0 aromatic heterocycles. The van der Waals surface area contributed by atoms with Gasteiger partial charge in [0, 0.05) is 29.7 Å². The molecule has 2 aliphatic rings. The fourth-order valence-corrected chi connectivity index (χ4v) is 5.62. The number of amides is 1. The quantitative estimate of drug-likeness (QED) is 0.308. The summed E-state index contributed by atoms with van der Waals surface area (Å²) in [6, 6.07) is 13.2. The number of oxime groups is 1. The van der Waals surface area contributed by atoms with E-state index < -0.39 is 27.1 Å². The maximum absolute atomic E-state index is 13.6. The summed E-state index contributed by atoms with van der Waals surface area (Å²) in [5.74, 6) is -0.418. The summed E-state index contributed by atoms with van der Waals surface area (Å²) in [6.07, 6.45) is 1.84. The first-order valence-electron chi connectivity index (χ1n) is 11.9. The molecule has 2 unspecified atom stereocenters. The third-order valence-electron chi connectivity index (χ3n) is 8.54. The van der Waals surface area contributed by atoms with Gasteiger partial charge in [0.15, 0.2) is 0 Å². The molecule has 0 spiro atoms. The van der Waals surface area contributed by atoms with Crippen molar-refractivity contribution in [2.24, 2.45) is 21.4 Å². The number of nitrogens with one attached hydrogen (secondary N) is 1. The van der Waals surface area contributed by atoms with Gasteiger partial charge in [0.25, 0.3) is 5.69 Å². The van der Waals surface area contributed by atoms with Crippen LogP contribution in [-0.4, -0.2) is 22.5 Å². The lowest BCUT2D eigenvalue weighted by Crippen LogP contribution is -2.43. The number of anilines is 1. The van der Waals surface area contributed by atoms with E-state index in [2.05, 4.69) is 45.1 Å². The van der Waals surface area contributed by atoms with Crippen LogP contribution in [-0.2, 0) is 9.63 Å². The monoisotopic (exact) mass is 477 g/mol. The number of hydrogen-bond donors (Lipinski definition) is 1. The molecule has 2 aromatic rings. The van der Waals surface area contributed by atoms with E-state index in [0.717, 1.165) is 18.2 Å². The number of rotatable bonds is 6. The zero-order valence-electron chi connectivity index (χ0n) is 20.8. The molecule has 35 heavy (non-hydrogen) atoms. The molecule has 0 radical (unpaired) electrons. The molecule has 2 bridgehead atoms. The molecule has 8 heteroatoms. The first-order chi connectivity index (χ1) is 16.4. The zero-order chi connectivity index (χ0) is 25.6. The Bertz CT molecular complexity index is 1220. The highest BCUT2D eigenvalue weighted by molar-refractivity contribution is 6.06. The van der Waals surface area contributed by atoms with Crippen molar-refractivity contribution in [2.75, 3.05) is 5.32 Å². The van der Waals surface area contributed by atoms with E-state index >= 15 is 0 Å². The van der Waals surface area contributed by atoms with Crippen molar-refractivity contribution in [3.63, 3.8) is 0 Å². The van der Waals surface area contributed by atoms with Crippen LogP contribution in [0, 0.1) is 26.4 Å². The standard InChI is InChI=1S/C27H31N3O5/c1-17(2)18-9-11-20(12-10-18)28-24(32)27-14-13-26(5,25(27,3)4)22(16-27)29-35-23(31)19-7-6-8-21(15-19)30(33)34/h6-12,15,17H,13-14,16H2,1-5H3,(H,28,32)/b29-22-. The lowest BCUT2D eigenvalue weighted by Gasteiger charge is -2.39. The van der Waals surface area contributed by atoms with Gasteiger partial charge in [-0.1, -0.05) is 58.0 Å². The van der Waals surface area contributed by atoms with Crippen LogP contribution >= 0.6 is 0 Å². The van der Waals surface area contributed by atoms with Gasteiger partial charge in [-0.2, -0.15) is 0 Å². The summed E-state index contributed by atoms with van der Waals surface area (Å²) >= 11 is 0. The van der Waals surface area contributed by atoms with E-state index in [1.54, 1.807) is 0 Å². The molecule has 2 atom stereocenters. The van der Waals surface area contributed by atoms with Gasteiger partial charge in [0.05, 0.1) is 21.6 Å². The number of benzene rings is 2. The second-order valence-electron chi connectivity index (χ2n) is 10.7. The summed E-state index contributed by atoms with van der Waals surface area (Å²) in [5, 5.41) is 18.3. The van der Waals surface area contributed by atoms with Crippen LogP contribution in [0.2, 0.25) is 0 Å². The molecule has 184 valence electrons. The summed E-state index contributed by atoms with van der Waals surface area (Å²) in [7, 11) is 0. The molecule has 0 aliphatic heterocycles. The molecular weight excluding hydrogens is 446 g/mol. The fourth-order valence-electron chi connectivity index (χ4n) is 5.62. The molecular formula is C27H31N3O5. The van der Waals surface area contributed by atoms with E-state index in [0.29, 0.717) is 24.5 Å². The van der Waals surface area contributed by atoms with Crippen molar-refractivity contribution in [2.45, 2.75) is 59.8 Å². The molecule has 0 saturated heterocycles. The summed E-state index contributed by atoms with van der Waals surface area (Å²) < 4.78 is 0. The Hall–Kier alpha value is -3.55. The highest BCUT2D eigenvalue weighted by Gasteiger charge is 2.71. The second kappa shape index (κ2) is 8.59. The molecule has 2 aromatic carbocycles. The maximum atomic E-state index is 13.6. The molecule has 4 rings (SSSR count). The van der Waals surface area contributed by atoms with Crippen molar-refractivity contribution in [3.8, 4) is 0 Å². The minimum Gasteiger partial charge on any atom is -0.326 e. The Morgan fingerprint density at radius 1 is 1.09 bits per heavy atom. The SMILES string of the molecule is CC(C)c1ccc(NC(=O)C23CCC(C)(/C(=N\OC(=O)c4cccc([N+](=O)[O-])c4)C2)C3(C)C)cc1. The van der Waals surface area contributed by atoms with Crippen molar-refractivity contribution >= 4 is 29.0 Å². The Morgan fingerprint density at radius 2 is 1.77 bits per heavy atom. The summed E-state index contributed by atoms with van der Waals surface area (Å²) in [5.41, 5.74) is 0.947. The molecule has 0 heterocycles. The lowest BCUT2D eigenvalue weighted by atomic mass is 9.64. The van der Waals surface area contributed by atoms with E-state index in [-0.39, 0.29) is 17.2 Å². The van der Waals surface area contributed by atoms with Gasteiger partial charge in [-0.15, -0.1) is 0 Å². The smallest absolute Gasteiger partial charge is 0.326 e. The van der Waals surface area contributed by atoms with Gasteiger partial charge in [0.1, 0.15) is 0 Å². The average molecular weight is 478 g/mol. The molecule has 2 saturated carbocycles. The average Bonchev–Trinajstić information content (AvgIpc) is 3.13. The van der Waals surface area contributed by atoms with Crippen LogP contribution in [0.25, 0.3) is 0 Å². The number of hydrogen-bond acceptors (Lipinski definition) is 6. The molecule has 1 amide bonds. The Kier molecular flexibility index (Phi) is 6.03. The van der Waals surface area contributed by atoms with Crippen LogP contribution in [0.1, 0.15) is 75.7 Å². The largest absolute Gasteiger partial charge is 0.365 e. The Morgan fingerprint density at radius 3 is 2.40 bits per heavy atom. The predicted octanol–water partition coefficient (Wildman–Crippen LogP) is 6.09. The summed E-state index contributed by atoms with van der Waals surface area (Å²) in [6.45, 7) is 10.5. The zero-order valence-corrected chi connectivity index (χ0v) is 20.8. The fraction of sp³-hybridized carbons (Fsp3) is 0.444. The lowest BCUT2D eigenvalue weighted by molar-refractivity contribution is -0.384. The molecule has 1 N–H and O–H groups in total. The number of non-ortho nitro benzene ring substituents is 1. The van der Waals surface area contributed by atoms with Crippen LogP contribution < -0.4 is 5.32 Å². The normalized spacial score (nSPS) is 25.6. The highest BCUT2D eigenvalue weighted by Crippen LogP contribution is 2.71. The van der Waals surface area contributed by atoms with Crippen molar-refractivity contribution in [1.29, 1.82) is 0 Å². The van der Waals surface area contributed by atoms with Gasteiger partial charge in [-0.25, -0.2) is 4.79 Å². The van der Waals surface area contributed by atoms with Gasteiger partial charge in [-0.05, 0) is 47.9 Å². The van der Waals surface area contributed by atoms with Gasteiger partial charge in [0.2, 0.25) is 5.91 Å². The first-order valence-corrected chi connectivity index (χ1v) is 11.9. The first kappa shape index (κ1) is 24.6. The third-order valence-corrected chi connectivity index (χ3v) is 8.54. The van der Waals surface area contributed by atoms with E-state index in [9.17, 15) is 19.7 Å². The van der Waals surface area contributed by atoms with Crippen molar-refractivity contribution in [3.05, 3.63) is 69.8 Å². The number of fused-ring (bicyclic) bond motifs is 2. The number of carbonyl (C=O) groups excluding carboxylic acids is 2. The second-order valence-corrected chi connectivity index (χ2v) is 10.7. The molecule has 2 fully saturated rings. The van der Waals surface area contributed by atoms with E-state index in [1.165, 1.54) is 23.8 Å². The topological polar surface area (TPSA) is 111 Å².